The number of carbonyl (C=O) groups excluding carboxylic acids is 1. The molecule has 0 aromatic heterocycles. The van der Waals surface area contributed by atoms with E-state index in [0.29, 0.717) is 17.9 Å². The number of nitrogens with zero attached hydrogens (tertiary/aromatic N) is 3. The fourth-order valence-electron chi connectivity index (χ4n) is 4.50. The Morgan fingerprint density at radius 1 is 1.18 bits per heavy atom. The molecule has 1 atom stereocenters. The first-order valence-corrected chi connectivity index (χ1v) is 11.7. The normalized spacial score (nSPS) is 24.8. The van der Waals surface area contributed by atoms with Gasteiger partial charge < -0.3 is 15.1 Å². The third-order valence-corrected chi connectivity index (χ3v) is 7.24. The van der Waals surface area contributed by atoms with Crippen molar-refractivity contribution in [1.29, 1.82) is 0 Å². The molecule has 4 rings (SSSR count). The first-order chi connectivity index (χ1) is 13.5. The predicted molar refractivity (Wildman–Crippen MR) is 108 cm³/mol. The van der Waals surface area contributed by atoms with Crippen molar-refractivity contribution in [3.63, 3.8) is 0 Å². The van der Waals surface area contributed by atoms with E-state index in [1.54, 1.807) is 18.2 Å². The second-order valence-electron chi connectivity index (χ2n) is 7.86. The standard InChI is InChI=1S/C20H28N4O3S/c1-2-11-23-13-9-15(10-14-23)21-20(25)17-7-5-12-24(17)19-16-6-3-4-8-18(16)28(26,27)22-19/h3-4,6,8,15,17H,2,5,7,9-14H2,1H3,(H,21,25)/t17-/m0/s1. The van der Waals surface area contributed by atoms with Gasteiger partial charge in [0.25, 0.3) is 10.0 Å². The topological polar surface area (TPSA) is 82.1 Å². The number of hydrogen-bond acceptors (Lipinski definition) is 5. The van der Waals surface area contributed by atoms with Gasteiger partial charge in [-0.25, -0.2) is 0 Å². The van der Waals surface area contributed by atoms with Gasteiger partial charge in [0.1, 0.15) is 10.9 Å². The number of amides is 1. The average molecular weight is 405 g/mol. The quantitative estimate of drug-likeness (QED) is 0.824. The van der Waals surface area contributed by atoms with Crippen LogP contribution >= 0.6 is 0 Å². The maximum absolute atomic E-state index is 13.0. The molecule has 1 aromatic rings. The van der Waals surface area contributed by atoms with E-state index in [1.165, 1.54) is 0 Å². The summed E-state index contributed by atoms with van der Waals surface area (Å²) >= 11 is 0. The number of amidine groups is 1. The number of carbonyl (C=O) groups is 1. The van der Waals surface area contributed by atoms with Crippen molar-refractivity contribution in [2.75, 3.05) is 26.2 Å². The summed E-state index contributed by atoms with van der Waals surface area (Å²) in [6.45, 7) is 5.99. The molecule has 7 nitrogen and oxygen atoms in total. The van der Waals surface area contributed by atoms with Gasteiger partial charge >= 0.3 is 0 Å². The van der Waals surface area contributed by atoms with Crippen molar-refractivity contribution in [2.24, 2.45) is 4.40 Å². The lowest BCUT2D eigenvalue weighted by Crippen LogP contribution is -2.51. The van der Waals surface area contributed by atoms with E-state index in [1.807, 2.05) is 11.0 Å². The second kappa shape index (κ2) is 7.83. The molecule has 152 valence electrons. The highest BCUT2D eigenvalue weighted by atomic mass is 32.2. The number of piperidine rings is 1. The van der Waals surface area contributed by atoms with Gasteiger partial charge in [0.15, 0.2) is 5.84 Å². The molecule has 2 saturated heterocycles. The van der Waals surface area contributed by atoms with Crippen LogP contribution in [0.25, 0.3) is 0 Å². The highest BCUT2D eigenvalue weighted by Gasteiger charge is 2.39. The first kappa shape index (κ1) is 19.4. The zero-order valence-electron chi connectivity index (χ0n) is 16.3. The summed E-state index contributed by atoms with van der Waals surface area (Å²) in [7, 11) is -3.67. The predicted octanol–water partition coefficient (Wildman–Crippen LogP) is 1.59. The van der Waals surface area contributed by atoms with E-state index in [9.17, 15) is 13.2 Å². The second-order valence-corrected chi connectivity index (χ2v) is 9.43. The third kappa shape index (κ3) is 3.67. The third-order valence-electron chi connectivity index (χ3n) is 5.91. The van der Waals surface area contributed by atoms with Crippen molar-refractivity contribution in [2.45, 2.75) is 56.0 Å². The number of sulfonamides is 1. The SMILES string of the molecule is CCCN1CCC(NC(=O)[C@@H]2CCCN2C2=NS(=O)(=O)c3ccccc32)CC1. The Labute approximate surface area is 166 Å². The van der Waals surface area contributed by atoms with Crippen LogP contribution in [-0.4, -0.2) is 68.2 Å². The first-order valence-electron chi connectivity index (χ1n) is 10.2. The molecule has 3 aliphatic heterocycles. The summed E-state index contributed by atoms with van der Waals surface area (Å²) in [6.07, 6.45) is 4.67. The number of likely N-dealkylation sites (tertiary alicyclic amines) is 2. The minimum absolute atomic E-state index is 0.00378. The van der Waals surface area contributed by atoms with E-state index < -0.39 is 10.0 Å². The highest BCUT2D eigenvalue weighted by molar-refractivity contribution is 7.90. The Hall–Kier alpha value is -1.93. The molecular weight excluding hydrogens is 376 g/mol. The number of nitrogens with one attached hydrogen (secondary N) is 1. The molecule has 2 fully saturated rings. The summed E-state index contributed by atoms with van der Waals surface area (Å²) in [5.41, 5.74) is 0.607. The van der Waals surface area contributed by atoms with Gasteiger partial charge in [0, 0.05) is 31.2 Å². The Balaban J connectivity index is 1.45. The van der Waals surface area contributed by atoms with Crippen molar-refractivity contribution in [1.82, 2.24) is 15.1 Å². The Morgan fingerprint density at radius 2 is 1.93 bits per heavy atom. The smallest absolute Gasteiger partial charge is 0.285 e. The van der Waals surface area contributed by atoms with Crippen molar-refractivity contribution < 1.29 is 13.2 Å². The van der Waals surface area contributed by atoms with Gasteiger partial charge in [-0.3, -0.25) is 4.79 Å². The number of fused-ring (bicyclic) bond motifs is 1. The van der Waals surface area contributed by atoms with Gasteiger partial charge in [-0.05, 0) is 50.8 Å². The Morgan fingerprint density at radius 3 is 2.68 bits per heavy atom. The van der Waals surface area contributed by atoms with Crippen molar-refractivity contribution in [3.05, 3.63) is 29.8 Å². The molecule has 3 aliphatic rings. The van der Waals surface area contributed by atoms with Crippen LogP contribution in [0, 0.1) is 0 Å². The summed E-state index contributed by atoms with van der Waals surface area (Å²) < 4.78 is 28.8. The summed E-state index contributed by atoms with van der Waals surface area (Å²) in [4.78, 5) is 17.5. The van der Waals surface area contributed by atoms with E-state index in [0.717, 1.165) is 51.7 Å². The van der Waals surface area contributed by atoms with Gasteiger partial charge in [-0.1, -0.05) is 19.1 Å². The maximum atomic E-state index is 13.0. The zero-order chi connectivity index (χ0) is 19.7. The van der Waals surface area contributed by atoms with Gasteiger partial charge in [0.2, 0.25) is 5.91 Å². The lowest BCUT2D eigenvalue weighted by molar-refractivity contribution is -0.125. The molecule has 3 heterocycles. The molecule has 0 saturated carbocycles. The maximum Gasteiger partial charge on any atom is 0.285 e. The fourth-order valence-corrected chi connectivity index (χ4v) is 5.72. The summed E-state index contributed by atoms with van der Waals surface area (Å²) in [5, 5.41) is 3.21. The van der Waals surface area contributed by atoms with Crippen molar-refractivity contribution >= 4 is 21.8 Å². The van der Waals surface area contributed by atoms with Crippen LogP contribution in [0.5, 0.6) is 0 Å². The number of benzene rings is 1. The molecule has 1 amide bonds. The molecular formula is C20H28N4O3S. The van der Waals surface area contributed by atoms with Crippen molar-refractivity contribution in [3.8, 4) is 0 Å². The molecule has 0 bridgehead atoms. The summed E-state index contributed by atoms with van der Waals surface area (Å²) in [5.74, 6) is 0.418. The zero-order valence-corrected chi connectivity index (χ0v) is 17.1. The van der Waals surface area contributed by atoms with Crippen LogP contribution in [0.1, 0.15) is 44.6 Å². The number of hydrogen-bond donors (Lipinski definition) is 1. The van der Waals surface area contributed by atoms with E-state index in [-0.39, 0.29) is 22.9 Å². The van der Waals surface area contributed by atoms with Gasteiger partial charge in [0.05, 0.1) is 0 Å². The average Bonchev–Trinajstić information content (AvgIpc) is 3.27. The minimum atomic E-state index is -3.67. The fraction of sp³-hybridized carbons (Fsp3) is 0.600. The molecule has 1 aromatic carbocycles. The van der Waals surface area contributed by atoms with Crippen LogP contribution in [0.2, 0.25) is 0 Å². The molecule has 0 spiro atoms. The monoisotopic (exact) mass is 404 g/mol. The van der Waals surface area contributed by atoms with E-state index in [2.05, 4.69) is 21.5 Å². The van der Waals surface area contributed by atoms with Crippen LogP contribution < -0.4 is 5.32 Å². The molecule has 28 heavy (non-hydrogen) atoms. The van der Waals surface area contributed by atoms with E-state index >= 15 is 0 Å². The molecule has 8 heteroatoms. The Bertz CT molecular complexity index is 875. The van der Waals surface area contributed by atoms with Crippen LogP contribution in [0.15, 0.2) is 33.6 Å². The van der Waals surface area contributed by atoms with Crippen LogP contribution in [0.4, 0.5) is 0 Å². The molecule has 1 N–H and O–H groups in total. The van der Waals surface area contributed by atoms with E-state index in [4.69, 9.17) is 0 Å². The minimum Gasteiger partial charge on any atom is -0.351 e. The molecule has 0 unspecified atom stereocenters. The summed E-state index contributed by atoms with van der Waals surface area (Å²) in [6, 6.07) is 6.71. The lowest BCUT2D eigenvalue weighted by atomic mass is 10.0. The molecule has 0 aliphatic carbocycles. The molecule has 0 radical (unpaired) electrons. The lowest BCUT2D eigenvalue weighted by Gasteiger charge is -2.33. The highest BCUT2D eigenvalue weighted by Crippen LogP contribution is 2.31. The van der Waals surface area contributed by atoms with Crippen LogP contribution in [-0.2, 0) is 14.8 Å². The number of rotatable bonds is 4. The van der Waals surface area contributed by atoms with Gasteiger partial charge in [-0.15, -0.1) is 4.40 Å². The van der Waals surface area contributed by atoms with Gasteiger partial charge in [-0.2, -0.15) is 8.42 Å². The van der Waals surface area contributed by atoms with Crippen LogP contribution in [0.3, 0.4) is 0 Å². The Kier molecular flexibility index (Phi) is 5.42. The largest absolute Gasteiger partial charge is 0.351 e.